The second kappa shape index (κ2) is 5.80. The summed E-state index contributed by atoms with van der Waals surface area (Å²) in [6.45, 7) is 8.68. The average Bonchev–Trinajstić information content (AvgIpc) is 2.76. The lowest BCUT2D eigenvalue weighted by atomic mass is 9.96. The number of likely N-dealkylation sites (tertiary alicyclic amines) is 1. The van der Waals surface area contributed by atoms with Crippen LogP contribution in [-0.4, -0.2) is 40.2 Å². The summed E-state index contributed by atoms with van der Waals surface area (Å²) >= 11 is 0. The number of rotatable bonds is 4. The number of nitrogens with zero attached hydrogens (tertiary/aromatic N) is 3. The highest BCUT2D eigenvalue weighted by molar-refractivity contribution is 4.97. The van der Waals surface area contributed by atoms with E-state index in [0.717, 1.165) is 37.6 Å². The number of aromatic nitrogens is 2. The molecule has 1 unspecified atom stereocenters. The molecule has 2 heterocycles. The zero-order valence-corrected chi connectivity index (χ0v) is 11.6. The lowest BCUT2D eigenvalue weighted by Gasteiger charge is -2.33. The van der Waals surface area contributed by atoms with Gasteiger partial charge in [0.1, 0.15) is 0 Å². The Morgan fingerprint density at radius 1 is 1.33 bits per heavy atom. The van der Waals surface area contributed by atoms with Crippen LogP contribution in [0.2, 0.25) is 0 Å². The molecule has 2 rings (SSSR count). The van der Waals surface area contributed by atoms with E-state index in [1.165, 1.54) is 0 Å². The second-order valence-corrected chi connectivity index (χ2v) is 5.63. The minimum absolute atomic E-state index is 0.0817. The first-order valence-corrected chi connectivity index (χ1v) is 6.88. The van der Waals surface area contributed by atoms with Gasteiger partial charge < -0.3 is 15.2 Å². The molecule has 1 saturated heterocycles. The Hall–Kier alpha value is -0.940. The van der Waals surface area contributed by atoms with Gasteiger partial charge in [-0.15, -0.1) is 0 Å². The maximum absolute atomic E-state index is 5.74. The monoisotopic (exact) mass is 252 g/mol. The van der Waals surface area contributed by atoms with E-state index in [-0.39, 0.29) is 6.04 Å². The molecule has 1 fully saturated rings. The van der Waals surface area contributed by atoms with Crippen LogP contribution in [0, 0.1) is 0 Å². The molecule has 5 nitrogen and oxygen atoms in total. The van der Waals surface area contributed by atoms with Gasteiger partial charge in [-0.2, -0.15) is 4.98 Å². The number of nitrogens with two attached hydrogens (primary N) is 1. The first-order chi connectivity index (χ1) is 8.56. The van der Waals surface area contributed by atoms with Gasteiger partial charge in [-0.1, -0.05) is 5.16 Å². The van der Waals surface area contributed by atoms with Gasteiger partial charge in [0.05, 0.1) is 0 Å². The molecule has 0 radical (unpaired) electrons. The molecule has 0 aromatic carbocycles. The molecule has 0 bridgehead atoms. The Labute approximate surface area is 109 Å². The van der Waals surface area contributed by atoms with E-state index in [1.54, 1.807) is 0 Å². The highest BCUT2D eigenvalue weighted by Crippen LogP contribution is 2.27. The van der Waals surface area contributed by atoms with E-state index in [1.807, 2.05) is 6.92 Å². The van der Waals surface area contributed by atoms with Crippen molar-refractivity contribution in [3.63, 3.8) is 0 Å². The van der Waals surface area contributed by atoms with Crippen LogP contribution in [0.15, 0.2) is 4.52 Å². The molecule has 1 aromatic rings. The topological polar surface area (TPSA) is 68.2 Å². The van der Waals surface area contributed by atoms with Crippen LogP contribution in [0.4, 0.5) is 0 Å². The summed E-state index contributed by atoms with van der Waals surface area (Å²) in [5.41, 5.74) is 5.74. The van der Waals surface area contributed by atoms with Crippen LogP contribution in [0.3, 0.4) is 0 Å². The standard InChI is InChI=1S/C13H24N4O/c1-9(2)17-6-4-11(5-7-17)13-15-12(16-18-13)8-10(3)14/h9-11H,4-8,14H2,1-3H3. The minimum atomic E-state index is 0.0817. The SMILES string of the molecule is CC(N)Cc1noc(C2CCN(C(C)C)CC2)n1. The predicted molar refractivity (Wildman–Crippen MR) is 70.3 cm³/mol. The molecule has 1 aliphatic heterocycles. The maximum atomic E-state index is 5.74. The molecule has 0 aliphatic carbocycles. The molecular weight excluding hydrogens is 228 g/mol. The quantitative estimate of drug-likeness (QED) is 0.880. The highest BCUT2D eigenvalue weighted by atomic mass is 16.5. The summed E-state index contributed by atoms with van der Waals surface area (Å²) in [5.74, 6) is 1.97. The fourth-order valence-electron chi connectivity index (χ4n) is 2.47. The normalized spacial score (nSPS) is 20.5. The van der Waals surface area contributed by atoms with Crippen LogP contribution >= 0.6 is 0 Å². The second-order valence-electron chi connectivity index (χ2n) is 5.63. The molecule has 0 spiro atoms. The van der Waals surface area contributed by atoms with Crippen molar-refractivity contribution in [2.45, 2.75) is 58.0 Å². The highest BCUT2D eigenvalue weighted by Gasteiger charge is 2.26. The van der Waals surface area contributed by atoms with E-state index in [4.69, 9.17) is 10.3 Å². The van der Waals surface area contributed by atoms with Crippen LogP contribution in [0.25, 0.3) is 0 Å². The Balaban J connectivity index is 1.91. The van der Waals surface area contributed by atoms with Crippen molar-refractivity contribution < 1.29 is 4.52 Å². The van der Waals surface area contributed by atoms with Crippen molar-refractivity contribution in [1.82, 2.24) is 15.0 Å². The molecule has 18 heavy (non-hydrogen) atoms. The third-order valence-corrected chi connectivity index (χ3v) is 3.60. The zero-order chi connectivity index (χ0) is 13.1. The van der Waals surface area contributed by atoms with Crippen molar-refractivity contribution in [3.05, 3.63) is 11.7 Å². The van der Waals surface area contributed by atoms with E-state index < -0.39 is 0 Å². The molecule has 1 aliphatic rings. The summed E-state index contributed by atoms with van der Waals surface area (Å²) in [6.07, 6.45) is 2.91. The smallest absolute Gasteiger partial charge is 0.229 e. The van der Waals surface area contributed by atoms with E-state index in [0.29, 0.717) is 18.4 Å². The molecule has 102 valence electrons. The minimum Gasteiger partial charge on any atom is -0.339 e. The Morgan fingerprint density at radius 3 is 2.56 bits per heavy atom. The summed E-state index contributed by atoms with van der Waals surface area (Å²) in [6, 6.07) is 0.709. The van der Waals surface area contributed by atoms with Crippen molar-refractivity contribution >= 4 is 0 Å². The maximum Gasteiger partial charge on any atom is 0.229 e. The fourth-order valence-corrected chi connectivity index (χ4v) is 2.47. The fraction of sp³-hybridized carbons (Fsp3) is 0.846. The largest absolute Gasteiger partial charge is 0.339 e. The molecule has 0 saturated carbocycles. The van der Waals surface area contributed by atoms with Crippen molar-refractivity contribution in [3.8, 4) is 0 Å². The first-order valence-electron chi connectivity index (χ1n) is 6.88. The molecular formula is C13H24N4O. The number of piperidine rings is 1. The average molecular weight is 252 g/mol. The van der Waals surface area contributed by atoms with Gasteiger partial charge in [0.25, 0.3) is 0 Å². The van der Waals surface area contributed by atoms with Gasteiger partial charge in [-0.3, -0.25) is 0 Å². The number of hydrogen-bond acceptors (Lipinski definition) is 5. The molecule has 1 atom stereocenters. The van der Waals surface area contributed by atoms with Gasteiger partial charge in [-0.05, 0) is 46.7 Å². The molecule has 5 heteroatoms. The predicted octanol–water partition coefficient (Wildman–Crippen LogP) is 1.55. The lowest BCUT2D eigenvalue weighted by Crippen LogP contribution is -2.37. The molecule has 2 N–H and O–H groups in total. The Bertz CT molecular complexity index is 367. The summed E-state index contributed by atoms with van der Waals surface area (Å²) in [7, 11) is 0. The van der Waals surface area contributed by atoms with Crippen molar-refractivity contribution in [1.29, 1.82) is 0 Å². The van der Waals surface area contributed by atoms with Gasteiger partial charge in [-0.25, -0.2) is 0 Å². The van der Waals surface area contributed by atoms with E-state index in [9.17, 15) is 0 Å². The molecule has 0 amide bonds. The van der Waals surface area contributed by atoms with E-state index in [2.05, 4.69) is 28.9 Å². The van der Waals surface area contributed by atoms with Crippen LogP contribution in [-0.2, 0) is 6.42 Å². The van der Waals surface area contributed by atoms with E-state index >= 15 is 0 Å². The van der Waals surface area contributed by atoms with Gasteiger partial charge in [0, 0.05) is 24.4 Å². The van der Waals surface area contributed by atoms with Crippen LogP contribution < -0.4 is 5.73 Å². The van der Waals surface area contributed by atoms with Gasteiger partial charge >= 0.3 is 0 Å². The summed E-state index contributed by atoms with van der Waals surface area (Å²) in [5, 5.41) is 4.01. The molecule has 1 aromatic heterocycles. The van der Waals surface area contributed by atoms with Crippen molar-refractivity contribution in [2.75, 3.05) is 13.1 Å². The summed E-state index contributed by atoms with van der Waals surface area (Å²) < 4.78 is 5.37. The zero-order valence-electron chi connectivity index (χ0n) is 11.6. The Kier molecular flexibility index (Phi) is 4.35. The van der Waals surface area contributed by atoms with Crippen LogP contribution in [0.1, 0.15) is 51.2 Å². The van der Waals surface area contributed by atoms with Crippen molar-refractivity contribution in [2.24, 2.45) is 5.73 Å². The van der Waals surface area contributed by atoms with Gasteiger partial charge in [0.2, 0.25) is 5.89 Å². The number of hydrogen-bond donors (Lipinski definition) is 1. The third kappa shape index (κ3) is 3.29. The Morgan fingerprint density at radius 2 is 2.00 bits per heavy atom. The summed E-state index contributed by atoms with van der Waals surface area (Å²) in [4.78, 5) is 6.96. The van der Waals surface area contributed by atoms with Crippen LogP contribution in [0.5, 0.6) is 0 Å². The first kappa shape index (κ1) is 13.5. The lowest BCUT2D eigenvalue weighted by molar-refractivity contribution is 0.160. The van der Waals surface area contributed by atoms with Gasteiger partial charge in [0.15, 0.2) is 5.82 Å². The third-order valence-electron chi connectivity index (χ3n) is 3.60.